The second kappa shape index (κ2) is 9.37. The van der Waals surface area contributed by atoms with Crippen molar-refractivity contribution in [1.29, 1.82) is 0 Å². The fourth-order valence-electron chi connectivity index (χ4n) is 1.93. The third kappa shape index (κ3) is 7.68. The van der Waals surface area contributed by atoms with E-state index in [1.54, 1.807) is 0 Å². The molecule has 0 fully saturated rings. The molecule has 0 radical (unpaired) electrons. The molecule has 0 bridgehead atoms. The van der Waals surface area contributed by atoms with Crippen LogP contribution in [0.1, 0.15) is 26.2 Å². The zero-order valence-corrected chi connectivity index (χ0v) is 13.3. The van der Waals surface area contributed by atoms with E-state index in [9.17, 15) is 4.79 Å². The van der Waals surface area contributed by atoms with Gasteiger partial charge in [0.15, 0.2) is 0 Å². The van der Waals surface area contributed by atoms with E-state index in [0.717, 1.165) is 30.8 Å². The summed E-state index contributed by atoms with van der Waals surface area (Å²) in [5, 5.41) is 2.86. The number of anilines is 1. The minimum atomic E-state index is -0.0745. The number of ether oxygens (including phenoxy) is 1. The first-order valence-corrected chi connectivity index (χ1v) is 7.44. The Balaban J connectivity index is 2.46. The molecule has 0 saturated carbocycles. The van der Waals surface area contributed by atoms with Crippen LogP contribution in [0.15, 0.2) is 24.3 Å². The number of rotatable bonds is 9. The smallest absolute Gasteiger partial charge is 0.225 e. The van der Waals surface area contributed by atoms with E-state index in [0.29, 0.717) is 13.0 Å². The van der Waals surface area contributed by atoms with Crippen LogP contribution in [0, 0.1) is 0 Å². The number of carbonyl (C=O) groups excluding carboxylic acids is 1. The van der Waals surface area contributed by atoms with Gasteiger partial charge in [-0.25, -0.2) is 0 Å². The highest BCUT2D eigenvalue weighted by Crippen LogP contribution is 2.17. The Morgan fingerprint density at radius 1 is 1.43 bits per heavy atom. The van der Waals surface area contributed by atoms with Crippen molar-refractivity contribution in [2.24, 2.45) is 5.73 Å². The molecule has 1 aromatic rings. The Bertz CT molecular complexity index is 435. The van der Waals surface area contributed by atoms with Gasteiger partial charge in [-0.1, -0.05) is 19.4 Å². The first-order chi connectivity index (χ1) is 10.0. The molecular weight excluding hydrogens is 266 g/mol. The molecule has 1 amide bonds. The molecule has 0 aromatic heterocycles. The second-order valence-corrected chi connectivity index (χ2v) is 5.48. The van der Waals surface area contributed by atoms with Gasteiger partial charge in [-0.2, -0.15) is 0 Å². The molecule has 0 aliphatic carbocycles. The molecule has 1 atom stereocenters. The Morgan fingerprint density at radius 2 is 2.19 bits per heavy atom. The zero-order chi connectivity index (χ0) is 15.7. The van der Waals surface area contributed by atoms with Crippen LogP contribution < -0.4 is 15.8 Å². The molecule has 0 heterocycles. The highest BCUT2D eigenvalue weighted by Gasteiger charge is 2.09. The Morgan fingerprint density at radius 3 is 2.86 bits per heavy atom. The predicted octanol–water partition coefficient (Wildman–Crippen LogP) is 2.08. The van der Waals surface area contributed by atoms with Crippen LogP contribution in [0.4, 0.5) is 5.69 Å². The van der Waals surface area contributed by atoms with Crippen molar-refractivity contribution in [2.45, 2.75) is 32.2 Å². The molecule has 0 aliphatic rings. The van der Waals surface area contributed by atoms with Crippen molar-refractivity contribution in [1.82, 2.24) is 4.90 Å². The third-order valence-electron chi connectivity index (χ3n) is 3.03. The number of amides is 1. The van der Waals surface area contributed by atoms with Crippen molar-refractivity contribution in [2.75, 3.05) is 32.6 Å². The van der Waals surface area contributed by atoms with Crippen LogP contribution in [0.5, 0.6) is 5.75 Å². The fourth-order valence-corrected chi connectivity index (χ4v) is 1.93. The summed E-state index contributed by atoms with van der Waals surface area (Å²) in [7, 11) is 4.00. The molecule has 0 spiro atoms. The van der Waals surface area contributed by atoms with Crippen LogP contribution in [0.3, 0.4) is 0 Å². The number of likely N-dealkylation sites (N-methyl/N-ethyl adjacent to an activating group) is 1. The maximum absolute atomic E-state index is 11.9. The Hall–Kier alpha value is -1.59. The molecule has 118 valence electrons. The second-order valence-electron chi connectivity index (χ2n) is 5.48. The quantitative estimate of drug-likeness (QED) is 0.731. The molecule has 1 rings (SSSR count). The number of carbonyl (C=O) groups is 1. The molecule has 5 nitrogen and oxygen atoms in total. The minimum Gasteiger partial charge on any atom is -0.492 e. The summed E-state index contributed by atoms with van der Waals surface area (Å²) in [5.74, 6) is 0.703. The van der Waals surface area contributed by atoms with Gasteiger partial charge in [0.25, 0.3) is 0 Å². The standard InChI is InChI=1S/C16H27N3O2/c1-4-6-13(17)11-16(20)18-14-7-5-8-15(12-14)21-10-9-19(2)3/h5,7-8,12-13H,4,6,9-11,17H2,1-3H3,(H,18,20). The van der Waals surface area contributed by atoms with E-state index in [1.807, 2.05) is 38.4 Å². The van der Waals surface area contributed by atoms with Crippen LogP contribution in [-0.4, -0.2) is 44.1 Å². The lowest BCUT2D eigenvalue weighted by Crippen LogP contribution is -2.26. The summed E-state index contributed by atoms with van der Waals surface area (Å²) < 4.78 is 5.64. The van der Waals surface area contributed by atoms with E-state index in [4.69, 9.17) is 10.5 Å². The van der Waals surface area contributed by atoms with Crippen molar-refractivity contribution in [3.63, 3.8) is 0 Å². The van der Waals surface area contributed by atoms with Gasteiger partial charge in [-0.15, -0.1) is 0 Å². The number of hydrogen-bond donors (Lipinski definition) is 2. The van der Waals surface area contributed by atoms with E-state index in [1.165, 1.54) is 0 Å². The normalized spacial score (nSPS) is 12.2. The molecule has 0 aliphatic heterocycles. The lowest BCUT2D eigenvalue weighted by molar-refractivity contribution is -0.116. The van der Waals surface area contributed by atoms with Gasteiger partial charge < -0.3 is 20.7 Å². The van der Waals surface area contributed by atoms with E-state index in [-0.39, 0.29) is 11.9 Å². The fraction of sp³-hybridized carbons (Fsp3) is 0.562. The molecule has 1 aromatic carbocycles. The SMILES string of the molecule is CCCC(N)CC(=O)Nc1cccc(OCCN(C)C)c1. The lowest BCUT2D eigenvalue weighted by Gasteiger charge is -2.13. The maximum Gasteiger partial charge on any atom is 0.225 e. The van der Waals surface area contributed by atoms with Crippen LogP contribution >= 0.6 is 0 Å². The summed E-state index contributed by atoms with van der Waals surface area (Å²) >= 11 is 0. The molecule has 3 N–H and O–H groups in total. The van der Waals surface area contributed by atoms with Crippen molar-refractivity contribution in [3.8, 4) is 5.75 Å². The zero-order valence-electron chi connectivity index (χ0n) is 13.3. The number of hydrogen-bond acceptors (Lipinski definition) is 4. The van der Waals surface area contributed by atoms with E-state index >= 15 is 0 Å². The minimum absolute atomic E-state index is 0.0543. The number of nitrogens with zero attached hydrogens (tertiary/aromatic N) is 1. The predicted molar refractivity (Wildman–Crippen MR) is 86.6 cm³/mol. The van der Waals surface area contributed by atoms with Crippen molar-refractivity contribution >= 4 is 11.6 Å². The van der Waals surface area contributed by atoms with Crippen LogP contribution in [0.2, 0.25) is 0 Å². The first kappa shape index (κ1) is 17.5. The average Bonchev–Trinajstić information content (AvgIpc) is 2.38. The monoisotopic (exact) mass is 293 g/mol. The van der Waals surface area contributed by atoms with Gasteiger partial charge in [-0.3, -0.25) is 4.79 Å². The van der Waals surface area contributed by atoms with Gasteiger partial charge in [0, 0.05) is 30.8 Å². The largest absolute Gasteiger partial charge is 0.492 e. The molecule has 5 heteroatoms. The average molecular weight is 293 g/mol. The molecule has 0 saturated heterocycles. The molecule has 1 unspecified atom stereocenters. The van der Waals surface area contributed by atoms with Gasteiger partial charge >= 0.3 is 0 Å². The van der Waals surface area contributed by atoms with Crippen molar-refractivity contribution < 1.29 is 9.53 Å². The number of nitrogens with two attached hydrogens (primary N) is 1. The van der Waals surface area contributed by atoms with Crippen LogP contribution in [0.25, 0.3) is 0 Å². The van der Waals surface area contributed by atoms with Crippen LogP contribution in [-0.2, 0) is 4.79 Å². The highest BCUT2D eigenvalue weighted by molar-refractivity contribution is 5.91. The summed E-state index contributed by atoms with van der Waals surface area (Å²) in [5.41, 5.74) is 6.61. The summed E-state index contributed by atoms with van der Waals surface area (Å²) in [4.78, 5) is 13.9. The summed E-state index contributed by atoms with van der Waals surface area (Å²) in [6.07, 6.45) is 2.20. The third-order valence-corrected chi connectivity index (χ3v) is 3.03. The van der Waals surface area contributed by atoms with Gasteiger partial charge in [0.1, 0.15) is 12.4 Å². The van der Waals surface area contributed by atoms with Gasteiger partial charge in [0.05, 0.1) is 0 Å². The Kier molecular flexibility index (Phi) is 7.79. The number of benzene rings is 1. The highest BCUT2D eigenvalue weighted by atomic mass is 16.5. The van der Waals surface area contributed by atoms with E-state index < -0.39 is 0 Å². The molecular formula is C16H27N3O2. The first-order valence-electron chi connectivity index (χ1n) is 7.44. The molecule has 21 heavy (non-hydrogen) atoms. The van der Waals surface area contributed by atoms with Gasteiger partial charge in [0.2, 0.25) is 5.91 Å². The summed E-state index contributed by atoms with van der Waals surface area (Å²) in [6.45, 7) is 3.53. The maximum atomic E-state index is 11.9. The summed E-state index contributed by atoms with van der Waals surface area (Å²) in [6, 6.07) is 7.36. The van der Waals surface area contributed by atoms with E-state index in [2.05, 4.69) is 17.1 Å². The number of nitrogens with one attached hydrogen (secondary N) is 1. The Labute approximate surface area is 127 Å². The van der Waals surface area contributed by atoms with Crippen molar-refractivity contribution in [3.05, 3.63) is 24.3 Å². The lowest BCUT2D eigenvalue weighted by atomic mass is 10.1. The topological polar surface area (TPSA) is 67.6 Å². The van der Waals surface area contributed by atoms with Gasteiger partial charge in [-0.05, 0) is 32.6 Å².